The van der Waals surface area contributed by atoms with Gasteiger partial charge in [0, 0.05) is 18.2 Å². The number of aromatic nitrogens is 5. The molecule has 22 heavy (non-hydrogen) atoms. The van der Waals surface area contributed by atoms with E-state index in [0.717, 1.165) is 11.8 Å². The third-order valence-corrected chi connectivity index (χ3v) is 3.24. The van der Waals surface area contributed by atoms with Crippen molar-refractivity contribution < 1.29 is 22.5 Å². The van der Waals surface area contributed by atoms with Crippen LogP contribution in [0, 0.1) is 6.92 Å². The smallest absolute Gasteiger partial charge is 0.360 e. The molecule has 1 N–H and O–H groups in total. The van der Waals surface area contributed by atoms with Crippen LogP contribution in [0.15, 0.2) is 15.7 Å². The van der Waals surface area contributed by atoms with Gasteiger partial charge in [-0.3, -0.25) is 4.79 Å². The molecule has 0 unspecified atom stereocenters. The fourth-order valence-electron chi connectivity index (χ4n) is 1.43. The van der Waals surface area contributed by atoms with Crippen molar-refractivity contribution in [2.24, 2.45) is 0 Å². The summed E-state index contributed by atoms with van der Waals surface area (Å²) in [5, 5.41) is 16.0. The van der Waals surface area contributed by atoms with Gasteiger partial charge >= 0.3 is 6.18 Å². The number of rotatable bonds is 6. The van der Waals surface area contributed by atoms with Crippen LogP contribution in [-0.4, -0.2) is 43.2 Å². The van der Waals surface area contributed by atoms with Crippen LogP contribution < -0.4 is 5.32 Å². The number of carbonyl (C=O) groups excluding carboxylic acids is 1. The average Bonchev–Trinajstić information content (AvgIpc) is 2.97. The second-order valence-electron chi connectivity index (χ2n) is 4.20. The number of thioether (sulfide) groups is 1. The van der Waals surface area contributed by atoms with Crippen molar-refractivity contribution in [1.82, 2.24) is 25.4 Å². The Morgan fingerprint density at radius 3 is 2.91 bits per heavy atom. The predicted octanol–water partition coefficient (Wildman–Crippen LogP) is 1.65. The maximum atomic E-state index is 12.3. The quantitative estimate of drug-likeness (QED) is 0.801. The summed E-state index contributed by atoms with van der Waals surface area (Å²) >= 11 is 0.961. The van der Waals surface area contributed by atoms with Crippen LogP contribution in [-0.2, 0) is 11.3 Å². The first-order valence-electron chi connectivity index (χ1n) is 6.02. The molecular weight excluding hydrogens is 325 g/mol. The molecule has 0 aromatic carbocycles. The lowest BCUT2D eigenvalue weighted by Gasteiger charge is -2.07. The Labute approximate surface area is 126 Å². The highest BCUT2D eigenvalue weighted by Crippen LogP contribution is 2.21. The first kappa shape index (κ1) is 16.3. The van der Waals surface area contributed by atoms with Gasteiger partial charge < -0.3 is 9.84 Å². The van der Waals surface area contributed by atoms with E-state index in [1.807, 2.05) is 0 Å². The van der Waals surface area contributed by atoms with Gasteiger partial charge in [0.25, 0.3) is 0 Å². The highest BCUT2D eigenvalue weighted by molar-refractivity contribution is 7.99. The van der Waals surface area contributed by atoms with Crippen LogP contribution in [0.3, 0.4) is 0 Å². The number of carbonyl (C=O) groups is 1. The summed E-state index contributed by atoms with van der Waals surface area (Å²) in [6.45, 7) is 0.408. The van der Waals surface area contributed by atoms with E-state index in [0.29, 0.717) is 10.4 Å². The van der Waals surface area contributed by atoms with Crippen LogP contribution in [0.2, 0.25) is 0 Å². The molecule has 0 bridgehead atoms. The van der Waals surface area contributed by atoms with Gasteiger partial charge in [0.2, 0.25) is 11.1 Å². The molecule has 0 spiro atoms. The molecule has 12 heteroatoms. The first-order valence-corrected chi connectivity index (χ1v) is 7.01. The number of hydrogen-bond donors (Lipinski definition) is 1. The number of anilines is 1. The molecule has 2 rings (SSSR count). The third-order valence-electron chi connectivity index (χ3n) is 2.28. The van der Waals surface area contributed by atoms with Gasteiger partial charge in [-0.05, 0) is 17.4 Å². The van der Waals surface area contributed by atoms with Gasteiger partial charge in [0.15, 0.2) is 5.82 Å². The number of nitrogens with one attached hydrogen (secondary N) is 1. The largest absolute Gasteiger partial charge is 0.408 e. The maximum absolute atomic E-state index is 12.3. The lowest BCUT2D eigenvalue weighted by molar-refractivity contribution is -0.144. The molecule has 2 aromatic heterocycles. The van der Waals surface area contributed by atoms with Crippen LogP contribution in [0.1, 0.15) is 12.2 Å². The van der Waals surface area contributed by atoms with E-state index in [4.69, 9.17) is 4.52 Å². The third kappa shape index (κ3) is 5.02. The number of tetrazole rings is 1. The Morgan fingerprint density at radius 2 is 2.27 bits per heavy atom. The second-order valence-corrected chi connectivity index (χ2v) is 5.27. The van der Waals surface area contributed by atoms with Crippen LogP contribution in [0.5, 0.6) is 0 Å². The molecule has 0 saturated heterocycles. The predicted molar refractivity (Wildman–Crippen MR) is 69.1 cm³/mol. The zero-order chi connectivity index (χ0) is 16.2. The molecule has 0 aliphatic heterocycles. The Hall–Kier alpha value is -2.11. The Morgan fingerprint density at radius 1 is 1.50 bits per heavy atom. The SMILES string of the molecule is Cc1cc(NC(=O)CCSc2nnnn2CC(F)(F)F)no1. The van der Waals surface area contributed by atoms with Crippen molar-refractivity contribution in [3.63, 3.8) is 0 Å². The summed E-state index contributed by atoms with van der Waals surface area (Å²) in [5.74, 6) is 0.724. The zero-order valence-electron chi connectivity index (χ0n) is 11.3. The van der Waals surface area contributed by atoms with Gasteiger partial charge in [-0.1, -0.05) is 16.9 Å². The molecule has 0 aliphatic carbocycles. The van der Waals surface area contributed by atoms with Gasteiger partial charge in [0.05, 0.1) is 0 Å². The fraction of sp³-hybridized carbons (Fsp3) is 0.500. The topological polar surface area (TPSA) is 98.7 Å². The standard InChI is InChI=1S/C10H11F3N6O2S/c1-6-4-7(16-21-6)14-8(20)2-3-22-9-15-17-18-19(9)5-10(11,12)13/h4H,2-3,5H2,1H3,(H,14,16,20). The summed E-state index contributed by atoms with van der Waals surface area (Å²) in [6, 6.07) is 1.55. The van der Waals surface area contributed by atoms with Crippen molar-refractivity contribution in [2.45, 2.75) is 31.2 Å². The molecule has 0 aliphatic rings. The van der Waals surface area contributed by atoms with Crippen molar-refractivity contribution >= 4 is 23.5 Å². The van der Waals surface area contributed by atoms with Gasteiger partial charge in [-0.15, -0.1) is 5.10 Å². The normalized spacial score (nSPS) is 11.6. The highest BCUT2D eigenvalue weighted by Gasteiger charge is 2.30. The van der Waals surface area contributed by atoms with Crippen molar-refractivity contribution in [3.05, 3.63) is 11.8 Å². The zero-order valence-corrected chi connectivity index (χ0v) is 12.1. The Kier molecular flexibility index (Phi) is 5.00. The van der Waals surface area contributed by atoms with Crippen molar-refractivity contribution in [1.29, 1.82) is 0 Å². The summed E-state index contributed by atoms with van der Waals surface area (Å²) in [7, 11) is 0. The molecule has 2 heterocycles. The summed E-state index contributed by atoms with van der Waals surface area (Å²) in [4.78, 5) is 11.6. The monoisotopic (exact) mass is 336 g/mol. The summed E-state index contributed by atoms with van der Waals surface area (Å²) in [5.41, 5.74) is 0. The summed E-state index contributed by atoms with van der Waals surface area (Å²) in [6.07, 6.45) is -4.34. The lowest BCUT2D eigenvalue weighted by atomic mass is 10.4. The van der Waals surface area contributed by atoms with E-state index in [1.54, 1.807) is 13.0 Å². The molecule has 120 valence electrons. The maximum Gasteiger partial charge on any atom is 0.408 e. The minimum absolute atomic E-state index is 0.00223. The van der Waals surface area contributed by atoms with E-state index >= 15 is 0 Å². The van der Waals surface area contributed by atoms with E-state index in [2.05, 4.69) is 26.0 Å². The number of amides is 1. The van der Waals surface area contributed by atoms with Gasteiger partial charge in [-0.2, -0.15) is 13.2 Å². The van der Waals surface area contributed by atoms with Gasteiger partial charge in [-0.25, -0.2) is 4.68 Å². The number of hydrogen-bond acceptors (Lipinski definition) is 7. The van der Waals surface area contributed by atoms with Crippen molar-refractivity contribution in [3.8, 4) is 0 Å². The van der Waals surface area contributed by atoms with E-state index in [9.17, 15) is 18.0 Å². The number of alkyl halides is 3. The van der Waals surface area contributed by atoms with Crippen LogP contribution in [0.25, 0.3) is 0 Å². The van der Waals surface area contributed by atoms with Crippen LogP contribution in [0.4, 0.5) is 19.0 Å². The average molecular weight is 336 g/mol. The minimum atomic E-state index is -4.41. The van der Waals surface area contributed by atoms with Crippen LogP contribution >= 0.6 is 11.8 Å². The van der Waals surface area contributed by atoms with Gasteiger partial charge in [0.1, 0.15) is 12.3 Å². The molecule has 0 fully saturated rings. The fourth-order valence-corrected chi connectivity index (χ4v) is 2.25. The Bertz CT molecular complexity index is 641. The minimum Gasteiger partial charge on any atom is -0.360 e. The molecule has 0 radical (unpaired) electrons. The first-order chi connectivity index (χ1) is 10.3. The molecule has 8 nitrogen and oxygen atoms in total. The summed E-state index contributed by atoms with van der Waals surface area (Å²) < 4.78 is 42.3. The molecule has 0 atom stereocenters. The Balaban J connectivity index is 1.79. The molecule has 0 saturated carbocycles. The highest BCUT2D eigenvalue weighted by atomic mass is 32.2. The molecule has 1 amide bonds. The molecule has 2 aromatic rings. The van der Waals surface area contributed by atoms with E-state index in [1.165, 1.54) is 0 Å². The number of aryl methyl sites for hydroxylation is 1. The lowest BCUT2D eigenvalue weighted by Crippen LogP contribution is -2.19. The second kappa shape index (κ2) is 6.77. The van der Waals surface area contributed by atoms with E-state index < -0.39 is 12.7 Å². The number of nitrogens with zero attached hydrogens (tertiary/aromatic N) is 5. The molecular formula is C10H11F3N6O2S. The number of halogens is 3. The van der Waals surface area contributed by atoms with E-state index in [-0.39, 0.29) is 29.1 Å². The van der Waals surface area contributed by atoms with Crippen molar-refractivity contribution in [2.75, 3.05) is 11.1 Å².